The minimum atomic E-state index is -0.666. The number of phenols is 2. The summed E-state index contributed by atoms with van der Waals surface area (Å²) in [5, 5.41) is 30.2. The van der Waals surface area contributed by atoms with Crippen molar-refractivity contribution in [3.8, 4) is 11.5 Å². The second kappa shape index (κ2) is 7.33. The largest absolute Gasteiger partial charge is 0.504 e. The van der Waals surface area contributed by atoms with Crippen molar-refractivity contribution in [1.82, 2.24) is 10.3 Å². The zero-order chi connectivity index (χ0) is 19.8. The molecule has 9 heteroatoms. The molecule has 1 amide bonds. The van der Waals surface area contributed by atoms with Gasteiger partial charge >= 0.3 is 0 Å². The fraction of sp³-hybridized carbons (Fsp3) is 0.105. The summed E-state index contributed by atoms with van der Waals surface area (Å²) in [4.78, 5) is 17.7. The van der Waals surface area contributed by atoms with Crippen LogP contribution in [0.5, 0.6) is 11.5 Å². The van der Waals surface area contributed by atoms with Crippen molar-refractivity contribution < 1.29 is 15.0 Å². The lowest BCUT2D eigenvalue weighted by molar-refractivity contribution is -0.116. The molecular formula is C19H15BrN4O3S. The van der Waals surface area contributed by atoms with E-state index in [0.717, 1.165) is 4.47 Å². The Morgan fingerprint density at radius 2 is 2.07 bits per heavy atom. The van der Waals surface area contributed by atoms with Crippen molar-refractivity contribution in [3.63, 3.8) is 0 Å². The summed E-state index contributed by atoms with van der Waals surface area (Å²) in [6, 6.07) is 9.93. The molecule has 7 nitrogen and oxygen atoms in total. The number of phenolic OH excluding ortho intramolecular Hbond substituents is 2. The van der Waals surface area contributed by atoms with Gasteiger partial charge in [0.1, 0.15) is 5.70 Å². The van der Waals surface area contributed by atoms with Crippen LogP contribution in [0.4, 0.5) is 0 Å². The van der Waals surface area contributed by atoms with Gasteiger partial charge in [-0.05, 0) is 30.3 Å². The van der Waals surface area contributed by atoms with E-state index in [9.17, 15) is 15.0 Å². The van der Waals surface area contributed by atoms with Gasteiger partial charge in [0.05, 0.1) is 5.36 Å². The molecule has 2 heterocycles. The summed E-state index contributed by atoms with van der Waals surface area (Å²) in [6.45, 7) is 3.68. The van der Waals surface area contributed by atoms with E-state index in [1.54, 1.807) is 17.2 Å². The number of hydrazone groups is 1. The number of benzene rings is 2. The second-order valence-corrected chi connectivity index (χ2v) is 7.99. The van der Waals surface area contributed by atoms with E-state index < -0.39 is 6.17 Å². The maximum absolute atomic E-state index is 12.9. The zero-order valence-corrected chi connectivity index (χ0v) is 16.9. The van der Waals surface area contributed by atoms with Gasteiger partial charge in [-0.15, -0.1) is 11.7 Å². The molecule has 0 aromatic heterocycles. The molecule has 0 aliphatic carbocycles. The van der Waals surface area contributed by atoms with Crippen molar-refractivity contribution in [1.29, 1.82) is 0 Å². The number of aromatic hydroxyl groups is 2. The summed E-state index contributed by atoms with van der Waals surface area (Å²) >= 11 is 4.78. The third kappa shape index (κ3) is 3.27. The number of carbonyl (C=O) groups is 1. The van der Waals surface area contributed by atoms with E-state index in [2.05, 4.69) is 32.9 Å². The molecule has 4 rings (SSSR count). The summed E-state index contributed by atoms with van der Waals surface area (Å²) in [6.07, 6.45) is 1.06. The third-order valence-corrected chi connectivity index (χ3v) is 5.56. The molecule has 1 atom stereocenters. The van der Waals surface area contributed by atoms with E-state index in [4.69, 9.17) is 4.99 Å². The molecular weight excluding hydrogens is 444 g/mol. The highest BCUT2D eigenvalue weighted by atomic mass is 79.9. The minimum Gasteiger partial charge on any atom is -0.504 e. The molecule has 2 aromatic carbocycles. The Morgan fingerprint density at radius 3 is 2.82 bits per heavy atom. The van der Waals surface area contributed by atoms with Crippen LogP contribution in [0.1, 0.15) is 11.7 Å². The molecule has 0 bridgehead atoms. The van der Waals surface area contributed by atoms with E-state index in [1.165, 1.54) is 23.9 Å². The number of rotatable bonds is 3. The Labute approximate surface area is 172 Å². The number of nitrogens with one attached hydrogen (secondary N) is 1. The Balaban J connectivity index is 1.94. The molecule has 0 saturated carbocycles. The smallest absolute Gasteiger partial charge is 0.276 e. The van der Waals surface area contributed by atoms with E-state index in [1.807, 2.05) is 18.2 Å². The van der Waals surface area contributed by atoms with Gasteiger partial charge < -0.3 is 10.2 Å². The molecule has 0 saturated heterocycles. The van der Waals surface area contributed by atoms with Crippen LogP contribution in [0, 0.1) is 0 Å². The summed E-state index contributed by atoms with van der Waals surface area (Å²) in [7, 11) is 0. The van der Waals surface area contributed by atoms with Gasteiger partial charge in [0, 0.05) is 21.0 Å². The van der Waals surface area contributed by atoms with Crippen LogP contribution in [-0.4, -0.2) is 32.0 Å². The second-order valence-electron chi connectivity index (χ2n) is 6.06. The van der Waals surface area contributed by atoms with Gasteiger partial charge in [-0.1, -0.05) is 39.8 Å². The normalized spacial score (nSPS) is 17.8. The monoisotopic (exact) mass is 458 g/mol. The predicted octanol–water partition coefficient (Wildman–Crippen LogP) is 1.92. The first kappa shape index (κ1) is 18.6. The highest BCUT2D eigenvalue weighted by Gasteiger charge is 2.34. The van der Waals surface area contributed by atoms with Crippen LogP contribution in [0.25, 0.3) is 5.70 Å². The lowest BCUT2D eigenvalue weighted by Crippen LogP contribution is -2.50. The number of fused-ring (bicyclic) bond motifs is 2. The summed E-state index contributed by atoms with van der Waals surface area (Å²) < 4.78 is 0.818. The lowest BCUT2D eigenvalue weighted by Gasteiger charge is -2.34. The molecule has 1 unspecified atom stereocenters. The van der Waals surface area contributed by atoms with E-state index >= 15 is 0 Å². The van der Waals surface area contributed by atoms with Crippen LogP contribution in [0.15, 0.2) is 63.6 Å². The summed E-state index contributed by atoms with van der Waals surface area (Å²) in [5.41, 5.74) is 0.958. The van der Waals surface area contributed by atoms with Gasteiger partial charge in [-0.3, -0.25) is 15.1 Å². The van der Waals surface area contributed by atoms with Gasteiger partial charge in [-0.2, -0.15) is 0 Å². The van der Waals surface area contributed by atoms with Gasteiger partial charge in [0.2, 0.25) is 0 Å². The van der Waals surface area contributed by atoms with Crippen LogP contribution in [-0.2, 0) is 4.79 Å². The molecule has 2 aliphatic rings. The number of amidine groups is 1. The number of carbonyl (C=O) groups excluding carboxylic acids is 1. The summed E-state index contributed by atoms with van der Waals surface area (Å²) in [5.74, 6) is -0.187. The first-order valence-corrected chi connectivity index (χ1v) is 10.1. The number of amides is 1. The SMILES string of the molecule is C=CCSC1=NN2C(=c3cc(Br)ccc3=NC2c2ccc(O)c(O)c2)C(=O)N1. The molecule has 142 valence electrons. The number of nitrogens with zero attached hydrogens (tertiary/aromatic N) is 3. The molecule has 28 heavy (non-hydrogen) atoms. The van der Waals surface area contributed by atoms with Crippen molar-refractivity contribution in [2.75, 3.05) is 5.75 Å². The number of hydrogen-bond donors (Lipinski definition) is 3. The lowest BCUT2D eigenvalue weighted by atomic mass is 10.1. The molecule has 2 aromatic rings. The Bertz CT molecular complexity index is 1150. The fourth-order valence-electron chi connectivity index (χ4n) is 2.97. The highest BCUT2D eigenvalue weighted by molar-refractivity contribution is 9.10. The van der Waals surface area contributed by atoms with Crippen LogP contribution in [0.3, 0.4) is 0 Å². The molecule has 0 spiro atoms. The quantitative estimate of drug-likeness (QED) is 0.482. The van der Waals surface area contributed by atoms with Gasteiger partial charge in [0.25, 0.3) is 5.91 Å². The predicted molar refractivity (Wildman–Crippen MR) is 111 cm³/mol. The Kier molecular flexibility index (Phi) is 4.86. The first-order valence-electron chi connectivity index (χ1n) is 8.30. The van der Waals surface area contributed by atoms with Crippen molar-refractivity contribution >= 4 is 44.5 Å². The molecule has 0 radical (unpaired) electrons. The average Bonchev–Trinajstić information content (AvgIpc) is 2.67. The minimum absolute atomic E-state index is 0.227. The maximum Gasteiger partial charge on any atom is 0.276 e. The van der Waals surface area contributed by atoms with Crippen molar-refractivity contribution in [2.45, 2.75) is 6.17 Å². The fourth-order valence-corrected chi connectivity index (χ4v) is 3.92. The number of halogens is 1. The van der Waals surface area contributed by atoms with Crippen LogP contribution < -0.4 is 15.9 Å². The van der Waals surface area contributed by atoms with E-state index in [0.29, 0.717) is 32.8 Å². The number of thioether (sulfide) groups is 1. The van der Waals surface area contributed by atoms with Crippen LogP contribution in [0.2, 0.25) is 0 Å². The first-order chi connectivity index (χ1) is 13.5. The van der Waals surface area contributed by atoms with E-state index in [-0.39, 0.29) is 17.4 Å². The highest BCUT2D eigenvalue weighted by Crippen LogP contribution is 2.34. The Morgan fingerprint density at radius 1 is 1.25 bits per heavy atom. The Hall–Kier alpha value is -2.78. The van der Waals surface area contributed by atoms with Crippen molar-refractivity contribution in [2.24, 2.45) is 10.1 Å². The van der Waals surface area contributed by atoms with Crippen LogP contribution >= 0.6 is 27.7 Å². The zero-order valence-electron chi connectivity index (χ0n) is 14.5. The third-order valence-electron chi connectivity index (χ3n) is 4.21. The molecule has 3 N–H and O–H groups in total. The average molecular weight is 459 g/mol. The topological polar surface area (TPSA) is 97.5 Å². The standard InChI is InChI=1S/C19H15BrN4O3S/c1-2-7-28-19-22-18(27)16-12-9-11(20)4-5-13(12)21-17(24(16)23-19)10-3-6-14(25)15(26)8-10/h2-6,8-9,17,25-26H,1,7H2,(H,22,23,27). The van der Waals surface area contributed by atoms with Gasteiger partial charge in [-0.25, -0.2) is 5.01 Å². The van der Waals surface area contributed by atoms with Gasteiger partial charge in [0.15, 0.2) is 22.8 Å². The number of hydrogen-bond acceptors (Lipinski definition) is 7. The molecule has 2 aliphatic heterocycles. The molecule has 0 fully saturated rings. The maximum atomic E-state index is 12.9. The van der Waals surface area contributed by atoms with Crippen molar-refractivity contribution in [3.05, 3.63) is 69.7 Å².